The summed E-state index contributed by atoms with van der Waals surface area (Å²) in [5, 5.41) is 1.22. The number of anilines is 2. The molecular formula is C22H27ClN4O2S. The van der Waals surface area contributed by atoms with E-state index in [-0.39, 0.29) is 5.91 Å². The highest BCUT2D eigenvalue weighted by Crippen LogP contribution is 2.39. The standard InChI is InChI=1S/C22H27ClN4O2S/c1-25(2)13-6-14-27(21(28)15-7-9-16(10-8-15)26(3)4)22-24-19-18(29-5)12-11-17(23)20(19)30-22/h7-12H,6,13-14H2,1-5H3. The minimum absolute atomic E-state index is 0.0757. The maximum atomic E-state index is 13.4. The number of methoxy groups -OCH3 is 1. The van der Waals surface area contributed by atoms with Crippen molar-refractivity contribution in [2.75, 3.05) is 58.2 Å². The number of ether oxygens (including phenoxy) is 1. The minimum Gasteiger partial charge on any atom is -0.494 e. The van der Waals surface area contributed by atoms with Gasteiger partial charge in [0.05, 0.1) is 16.8 Å². The van der Waals surface area contributed by atoms with E-state index >= 15 is 0 Å². The molecule has 0 saturated carbocycles. The highest BCUT2D eigenvalue weighted by molar-refractivity contribution is 7.23. The number of aromatic nitrogens is 1. The van der Waals surface area contributed by atoms with Gasteiger partial charge < -0.3 is 14.5 Å². The number of carbonyl (C=O) groups excluding carboxylic acids is 1. The third-order valence-corrected chi connectivity index (χ3v) is 6.30. The van der Waals surface area contributed by atoms with Gasteiger partial charge >= 0.3 is 0 Å². The maximum Gasteiger partial charge on any atom is 0.260 e. The molecule has 0 bridgehead atoms. The lowest BCUT2D eigenvalue weighted by molar-refractivity contribution is 0.0986. The number of carbonyl (C=O) groups is 1. The van der Waals surface area contributed by atoms with Crippen LogP contribution in [0.5, 0.6) is 5.75 Å². The average Bonchev–Trinajstić information content (AvgIpc) is 3.17. The van der Waals surface area contributed by atoms with E-state index in [1.165, 1.54) is 11.3 Å². The van der Waals surface area contributed by atoms with Crippen molar-refractivity contribution in [1.82, 2.24) is 9.88 Å². The Morgan fingerprint density at radius 1 is 1.07 bits per heavy atom. The van der Waals surface area contributed by atoms with E-state index < -0.39 is 0 Å². The molecule has 0 unspecified atom stereocenters. The number of nitrogens with zero attached hydrogens (tertiary/aromatic N) is 4. The zero-order valence-corrected chi connectivity index (χ0v) is 19.5. The van der Waals surface area contributed by atoms with Crippen LogP contribution in [0.25, 0.3) is 10.2 Å². The Morgan fingerprint density at radius 3 is 2.37 bits per heavy atom. The molecule has 0 aliphatic carbocycles. The Balaban J connectivity index is 1.98. The van der Waals surface area contributed by atoms with E-state index in [4.69, 9.17) is 21.3 Å². The van der Waals surface area contributed by atoms with Crippen molar-refractivity contribution < 1.29 is 9.53 Å². The van der Waals surface area contributed by atoms with Crippen LogP contribution in [0.2, 0.25) is 5.02 Å². The fourth-order valence-electron chi connectivity index (χ4n) is 3.11. The van der Waals surface area contributed by atoms with Gasteiger partial charge in [0.15, 0.2) is 5.13 Å². The second-order valence-electron chi connectivity index (χ2n) is 7.48. The lowest BCUT2D eigenvalue weighted by atomic mass is 10.1. The van der Waals surface area contributed by atoms with Crippen molar-refractivity contribution in [3.05, 3.63) is 47.0 Å². The molecule has 1 aromatic heterocycles. The van der Waals surface area contributed by atoms with Crippen LogP contribution >= 0.6 is 22.9 Å². The molecule has 6 nitrogen and oxygen atoms in total. The predicted molar refractivity (Wildman–Crippen MR) is 127 cm³/mol. The Bertz CT molecular complexity index is 1020. The number of thiazole rings is 1. The van der Waals surface area contributed by atoms with Gasteiger partial charge in [0.25, 0.3) is 5.91 Å². The molecule has 3 aromatic rings. The third kappa shape index (κ3) is 4.86. The summed E-state index contributed by atoms with van der Waals surface area (Å²) in [5.74, 6) is 0.570. The number of hydrogen-bond acceptors (Lipinski definition) is 6. The van der Waals surface area contributed by atoms with Crippen LogP contribution in [-0.4, -0.2) is 64.2 Å². The van der Waals surface area contributed by atoms with E-state index in [0.717, 1.165) is 23.4 Å². The number of fused-ring (bicyclic) bond motifs is 1. The first kappa shape index (κ1) is 22.3. The SMILES string of the molecule is COc1ccc(Cl)c2sc(N(CCCN(C)C)C(=O)c3ccc(N(C)C)cc3)nc12. The molecule has 160 valence electrons. The predicted octanol–water partition coefficient (Wildman–Crippen LogP) is 4.62. The van der Waals surface area contributed by atoms with Crippen LogP contribution in [-0.2, 0) is 0 Å². The molecule has 3 rings (SSSR count). The molecule has 0 saturated heterocycles. The van der Waals surface area contributed by atoms with E-state index in [1.54, 1.807) is 24.1 Å². The van der Waals surface area contributed by atoms with Crippen LogP contribution in [0, 0.1) is 0 Å². The number of benzene rings is 2. The summed E-state index contributed by atoms with van der Waals surface area (Å²) in [7, 11) is 9.60. The van der Waals surface area contributed by atoms with Gasteiger partial charge in [0.2, 0.25) is 0 Å². The lowest BCUT2D eigenvalue weighted by Gasteiger charge is -2.21. The molecular weight excluding hydrogens is 420 g/mol. The summed E-state index contributed by atoms with van der Waals surface area (Å²) in [6, 6.07) is 11.2. The second kappa shape index (κ2) is 9.64. The van der Waals surface area contributed by atoms with Gasteiger partial charge in [0, 0.05) is 31.9 Å². The van der Waals surface area contributed by atoms with Crippen molar-refractivity contribution in [3.8, 4) is 5.75 Å². The highest BCUT2D eigenvalue weighted by atomic mass is 35.5. The molecule has 0 N–H and O–H groups in total. The first-order valence-corrected chi connectivity index (χ1v) is 10.9. The summed E-state index contributed by atoms with van der Waals surface area (Å²) in [6.07, 6.45) is 0.829. The molecule has 1 amide bonds. The number of hydrogen-bond donors (Lipinski definition) is 0. The van der Waals surface area contributed by atoms with Crippen LogP contribution in [0.15, 0.2) is 36.4 Å². The zero-order valence-electron chi connectivity index (χ0n) is 18.0. The lowest BCUT2D eigenvalue weighted by Crippen LogP contribution is -2.33. The first-order chi connectivity index (χ1) is 14.3. The van der Waals surface area contributed by atoms with Crippen molar-refractivity contribution >= 4 is 49.9 Å². The molecule has 0 atom stereocenters. The Hall–Kier alpha value is -2.35. The minimum atomic E-state index is -0.0757. The molecule has 0 spiro atoms. The van der Waals surface area contributed by atoms with Crippen LogP contribution in [0.3, 0.4) is 0 Å². The Morgan fingerprint density at radius 2 is 1.77 bits per heavy atom. The Labute approximate surface area is 186 Å². The number of rotatable bonds is 8. The summed E-state index contributed by atoms with van der Waals surface area (Å²) < 4.78 is 6.26. The highest BCUT2D eigenvalue weighted by Gasteiger charge is 2.23. The molecule has 0 fully saturated rings. The largest absolute Gasteiger partial charge is 0.494 e. The van der Waals surface area contributed by atoms with Gasteiger partial charge in [-0.3, -0.25) is 9.69 Å². The van der Waals surface area contributed by atoms with Crippen molar-refractivity contribution in [3.63, 3.8) is 0 Å². The normalized spacial score (nSPS) is 11.2. The molecule has 0 radical (unpaired) electrons. The number of amides is 1. The number of halogens is 1. The second-order valence-corrected chi connectivity index (χ2v) is 8.86. The summed E-state index contributed by atoms with van der Waals surface area (Å²) in [4.78, 5) is 24.0. The van der Waals surface area contributed by atoms with Gasteiger partial charge in [-0.1, -0.05) is 22.9 Å². The van der Waals surface area contributed by atoms with E-state index in [2.05, 4.69) is 4.90 Å². The molecule has 2 aromatic carbocycles. The van der Waals surface area contributed by atoms with Crippen molar-refractivity contribution in [1.29, 1.82) is 0 Å². The van der Waals surface area contributed by atoms with Gasteiger partial charge in [-0.05, 0) is 63.5 Å². The molecule has 1 heterocycles. The molecule has 30 heavy (non-hydrogen) atoms. The summed E-state index contributed by atoms with van der Waals surface area (Å²) in [6.45, 7) is 1.44. The van der Waals surface area contributed by atoms with Gasteiger partial charge in [0.1, 0.15) is 11.3 Å². The molecule has 0 aliphatic heterocycles. The topological polar surface area (TPSA) is 48.9 Å². The zero-order chi connectivity index (χ0) is 21.8. The average molecular weight is 447 g/mol. The van der Waals surface area contributed by atoms with Gasteiger partial charge in [-0.15, -0.1) is 0 Å². The quantitative estimate of drug-likeness (QED) is 0.505. The van der Waals surface area contributed by atoms with E-state index in [9.17, 15) is 4.79 Å². The van der Waals surface area contributed by atoms with E-state index in [0.29, 0.717) is 33.5 Å². The monoisotopic (exact) mass is 446 g/mol. The van der Waals surface area contributed by atoms with Gasteiger partial charge in [-0.2, -0.15) is 0 Å². The van der Waals surface area contributed by atoms with Crippen molar-refractivity contribution in [2.24, 2.45) is 0 Å². The fraction of sp³-hybridized carbons (Fsp3) is 0.364. The summed E-state index contributed by atoms with van der Waals surface area (Å²) >= 11 is 7.81. The molecule has 0 aliphatic rings. The maximum absolute atomic E-state index is 13.4. The van der Waals surface area contributed by atoms with Crippen LogP contribution in [0.1, 0.15) is 16.8 Å². The summed E-state index contributed by atoms with van der Waals surface area (Å²) in [5.41, 5.74) is 2.35. The Kier molecular flexibility index (Phi) is 7.18. The smallest absolute Gasteiger partial charge is 0.260 e. The van der Waals surface area contributed by atoms with Crippen molar-refractivity contribution in [2.45, 2.75) is 6.42 Å². The van der Waals surface area contributed by atoms with E-state index in [1.807, 2.05) is 57.4 Å². The third-order valence-electron chi connectivity index (χ3n) is 4.76. The van der Waals surface area contributed by atoms with Crippen LogP contribution in [0.4, 0.5) is 10.8 Å². The molecule has 8 heteroatoms. The van der Waals surface area contributed by atoms with Gasteiger partial charge in [-0.25, -0.2) is 4.98 Å². The van der Waals surface area contributed by atoms with Crippen LogP contribution < -0.4 is 14.5 Å². The fourth-order valence-corrected chi connectivity index (χ4v) is 4.39. The first-order valence-electron chi connectivity index (χ1n) is 9.69.